The molecule has 1 aromatic heterocycles. The van der Waals surface area contributed by atoms with Crippen molar-refractivity contribution < 1.29 is 14.6 Å². The molecule has 0 unspecified atom stereocenters. The van der Waals surface area contributed by atoms with Gasteiger partial charge in [0.25, 0.3) is 0 Å². The molecule has 1 aliphatic rings. The Balaban J connectivity index is 2.17. The normalized spacial score (nSPS) is 19.1. The van der Waals surface area contributed by atoms with E-state index in [0.29, 0.717) is 30.4 Å². The molecule has 18 heavy (non-hydrogen) atoms. The fraction of sp³-hybridized carbons (Fsp3) is 0.583. The van der Waals surface area contributed by atoms with Crippen LogP contribution in [0, 0.1) is 6.92 Å². The van der Waals surface area contributed by atoms with E-state index in [2.05, 4.69) is 9.97 Å². The molecule has 1 atom stereocenters. The zero-order valence-corrected chi connectivity index (χ0v) is 10.6. The number of carbonyl (C=O) groups is 1. The maximum absolute atomic E-state index is 11.6. The summed E-state index contributed by atoms with van der Waals surface area (Å²) < 4.78 is 4.92. The van der Waals surface area contributed by atoms with Crippen LogP contribution in [0.2, 0.25) is 0 Å². The highest BCUT2D eigenvalue weighted by Crippen LogP contribution is 2.17. The Labute approximate surface area is 106 Å². The second-order valence-corrected chi connectivity index (χ2v) is 4.28. The maximum Gasteiger partial charge on any atom is 0.341 e. The van der Waals surface area contributed by atoms with E-state index in [1.165, 1.54) is 6.20 Å². The highest BCUT2D eigenvalue weighted by atomic mass is 16.5. The van der Waals surface area contributed by atoms with Gasteiger partial charge in [0.15, 0.2) is 0 Å². The first-order valence-corrected chi connectivity index (χ1v) is 6.05. The van der Waals surface area contributed by atoms with Gasteiger partial charge in [0, 0.05) is 19.3 Å². The molecule has 0 saturated carbocycles. The fourth-order valence-corrected chi connectivity index (χ4v) is 1.94. The van der Waals surface area contributed by atoms with Crippen molar-refractivity contribution in [2.75, 3.05) is 24.6 Å². The van der Waals surface area contributed by atoms with E-state index < -0.39 is 5.97 Å². The third-order valence-electron chi connectivity index (χ3n) is 2.91. The molecule has 6 nitrogen and oxygen atoms in total. The molecule has 0 bridgehead atoms. The predicted octanol–water partition coefficient (Wildman–Crippen LogP) is 0.533. The Bertz CT molecular complexity index is 450. The van der Waals surface area contributed by atoms with Gasteiger partial charge in [-0.2, -0.15) is 0 Å². The zero-order valence-electron chi connectivity index (χ0n) is 10.6. The molecular formula is C12H17N3O3. The van der Waals surface area contributed by atoms with Crippen molar-refractivity contribution in [3.8, 4) is 0 Å². The number of hydrogen-bond donors (Lipinski definition) is 1. The van der Waals surface area contributed by atoms with Crippen LogP contribution in [0.5, 0.6) is 0 Å². The van der Waals surface area contributed by atoms with Crippen LogP contribution >= 0.6 is 0 Å². The quantitative estimate of drug-likeness (QED) is 0.790. The number of aliphatic hydroxyl groups excluding tert-OH is 1. The number of aliphatic hydroxyl groups is 1. The van der Waals surface area contributed by atoms with Gasteiger partial charge < -0.3 is 14.7 Å². The Kier molecular flexibility index (Phi) is 3.76. The summed E-state index contributed by atoms with van der Waals surface area (Å²) >= 11 is 0. The van der Waals surface area contributed by atoms with Gasteiger partial charge in [-0.05, 0) is 20.3 Å². The molecule has 0 radical (unpaired) electrons. The highest BCUT2D eigenvalue weighted by molar-refractivity contribution is 5.90. The summed E-state index contributed by atoms with van der Waals surface area (Å²) in [4.78, 5) is 22.0. The molecular weight excluding hydrogens is 234 g/mol. The van der Waals surface area contributed by atoms with Gasteiger partial charge in [0.05, 0.1) is 24.0 Å². The van der Waals surface area contributed by atoms with Crippen LogP contribution in [0.3, 0.4) is 0 Å². The van der Waals surface area contributed by atoms with Gasteiger partial charge >= 0.3 is 5.97 Å². The summed E-state index contributed by atoms with van der Waals surface area (Å²) in [5.41, 5.74) is 0.986. The number of β-amino-alcohol motifs (C(OH)–C–C–N with tert-alkyl or cyclic N) is 1. The molecule has 2 heterocycles. The summed E-state index contributed by atoms with van der Waals surface area (Å²) in [5, 5.41) is 9.47. The summed E-state index contributed by atoms with van der Waals surface area (Å²) in [6.07, 6.45) is 1.89. The molecule has 1 fully saturated rings. The van der Waals surface area contributed by atoms with E-state index in [-0.39, 0.29) is 6.10 Å². The van der Waals surface area contributed by atoms with Crippen molar-refractivity contribution in [1.82, 2.24) is 9.97 Å². The maximum atomic E-state index is 11.6. The summed E-state index contributed by atoms with van der Waals surface area (Å²) in [5.74, 6) is 0.153. The third kappa shape index (κ3) is 2.59. The molecule has 0 aromatic carbocycles. The van der Waals surface area contributed by atoms with E-state index >= 15 is 0 Å². The largest absolute Gasteiger partial charge is 0.462 e. The van der Waals surface area contributed by atoms with Crippen molar-refractivity contribution in [2.45, 2.75) is 26.4 Å². The highest BCUT2D eigenvalue weighted by Gasteiger charge is 2.23. The van der Waals surface area contributed by atoms with Crippen LogP contribution in [0.4, 0.5) is 5.95 Å². The van der Waals surface area contributed by atoms with Crippen LogP contribution in [0.1, 0.15) is 29.4 Å². The molecule has 1 aliphatic heterocycles. The minimum atomic E-state index is -0.400. The molecule has 1 aromatic rings. The first-order valence-electron chi connectivity index (χ1n) is 6.05. The lowest BCUT2D eigenvalue weighted by atomic mass is 10.2. The lowest BCUT2D eigenvalue weighted by Gasteiger charge is -2.16. The van der Waals surface area contributed by atoms with E-state index in [9.17, 15) is 9.90 Å². The Morgan fingerprint density at radius 3 is 3.00 bits per heavy atom. The molecule has 0 spiro atoms. The average molecular weight is 251 g/mol. The summed E-state index contributed by atoms with van der Waals surface area (Å²) in [7, 11) is 0. The zero-order chi connectivity index (χ0) is 13.1. The van der Waals surface area contributed by atoms with Crippen molar-refractivity contribution >= 4 is 11.9 Å². The lowest BCUT2D eigenvalue weighted by molar-refractivity contribution is 0.0524. The fourth-order valence-electron chi connectivity index (χ4n) is 1.94. The van der Waals surface area contributed by atoms with Crippen molar-refractivity contribution in [1.29, 1.82) is 0 Å². The second-order valence-electron chi connectivity index (χ2n) is 4.28. The average Bonchev–Trinajstić information content (AvgIpc) is 2.76. The minimum Gasteiger partial charge on any atom is -0.462 e. The molecule has 98 valence electrons. The van der Waals surface area contributed by atoms with Gasteiger partial charge in [-0.1, -0.05) is 0 Å². The number of nitrogens with zero attached hydrogens (tertiary/aromatic N) is 3. The molecule has 0 amide bonds. The number of rotatable bonds is 3. The number of hydrogen-bond acceptors (Lipinski definition) is 6. The number of ether oxygens (including phenoxy) is 1. The molecule has 1 N–H and O–H groups in total. The van der Waals surface area contributed by atoms with Crippen LogP contribution in [-0.2, 0) is 4.74 Å². The number of esters is 1. The van der Waals surface area contributed by atoms with Gasteiger partial charge in [-0.25, -0.2) is 14.8 Å². The summed E-state index contributed by atoms with van der Waals surface area (Å²) in [6.45, 7) is 5.12. The standard InChI is InChI=1S/C12H17N3O3/c1-3-18-11(17)10-6-13-12(14-8(10)2)15-5-4-9(16)7-15/h6,9,16H,3-5,7H2,1-2H3/t9-/m1/s1. The van der Waals surface area contributed by atoms with Crippen molar-refractivity contribution in [2.24, 2.45) is 0 Å². The smallest absolute Gasteiger partial charge is 0.341 e. The topological polar surface area (TPSA) is 75.5 Å². The van der Waals surface area contributed by atoms with Crippen LogP contribution < -0.4 is 4.90 Å². The first kappa shape index (κ1) is 12.8. The van der Waals surface area contributed by atoms with Crippen LogP contribution in [-0.4, -0.2) is 46.8 Å². The molecule has 2 rings (SSSR count). The van der Waals surface area contributed by atoms with Crippen molar-refractivity contribution in [3.05, 3.63) is 17.5 Å². The Morgan fingerprint density at radius 1 is 1.67 bits per heavy atom. The molecule has 6 heteroatoms. The summed E-state index contributed by atoms with van der Waals surface area (Å²) in [6, 6.07) is 0. The number of carbonyl (C=O) groups excluding carboxylic acids is 1. The van der Waals surface area contributed by atoms with Crippen molar-refractivity contribution in [3.63, 3.8) is 0 Å². The van der Waals surface area contributed by atoms with E-state index in [1.54, 1.807) is 13.8 Å². The number of aryl methyl sites for hydroxylation is 1. The van der Waals surface area contributed by atoms with Gasteiger partial charge in [-0.15, -0.1) is 0 Å². The Morgan fingerprint density at radius 2 is 2.44 bits per heavy atom. The monoisotopic (exact) mass is 251 g/mol. The number of aromatic nitrogens is 2. The number of anilines is 1. The first-order chi connectivity index (χ1) is 8.61. The molecule has 1 saturated heterocycles. The van der Waals surface area contributed by atoms with Crippen LogP contribution in [0.15, 0.2) is 6.20 Å². The van der Waals surface area contributed by atoms with E-state index in [1.807, 2.05) is 4.90 Å². The third-order valence-corrected chi connectivity index (χ3v) is 2.91. The minimum absolute atomic E-state index is 0.321. The lowest BCUT2D eigenvalue weighted by Crippen LogP contribution is -2.24. The van der Waals surface area contributed by atoms with Gasteiger partial charge in [-0.3, -0.25) is 0 Å². The van der Waals surface area contributed by atoms with Gasteiger partial charge in [0.1, 0.15) is 0 Å². The second kappa shape index (κ2) is 5.30. The predicted molar refractivity (Wildman–Crippen MR) is 65.6 cm³/mol. The molecule has 0 aliphatic carbocycles. The SMILES string of the molecule is CCOC(=O)c1cnc(N2CC[C@@H](O)C2)nc1C. The Hall–Kier alpha value is -1.69. The van der Waals surface area contributed by atoms with E-state index in [4.69, 9.17) is 4.74 Å². The van der Waals surface area contributed by atoms with Gasteiger partial charge in [0.2, 0.25) is 5.95 Å². The van der Waals surface area contributed by atoms with E-state index in [0.717, 1.165) is 13.0 Å². The van der Waals surface area contributed by atoms with Crippen LogP contribution in [0.25, 0.3) is 0 Å².